The molecule has 137 valence electrons. The van der Waals surface area contributed by atoms with Crippen LogP contribution in [0.1, 0.15) is 31.8 Å². The van der Waals surface area contributed by atoms with Crippen LogP contribution in [-0.2, 0) is 6.42 Å². The van der Waals surface area contributed by atoms with E-state index in [0.29, 0.717) is 17.5 Å². The van der Waals surface area contributed by atoms with E-state index in [1.807, 2.05) is 6.07 Å². The first kappa shape index (κ1) is 18.8. The van der Waals surface area contributed by atoms with E-state index in [-0.39, 0.29) is 17.3 Å². The highest BCUT2D eigenvalue weighted by molar-refractivity contribution is 5.91. The van der Waals surface area contributed by atoms with Gasteiger partial charge in [-0.2, -0.15) is 10.2 Å². The molecule has 0 N–H and O–H groups in total. The lowest BCUT2D eigenvalue weighted by molar-refractivity contribution is 0.0717. The zero-order chi connectivity index (χ0) is 19.9. The van der Waals surface area contributed by atoms with Crippen molar-refractivity contribution in [1.82, 2.24) is 4.98 Å². The molecule has 28 heavy (non-hydrogen) atoms. The number of nitrogens with zero attached hydrogens (tertiary/aromatic N) is 2. The summed E-state index contributed by atoms with van der Waals surface area (Å²) in [6, 6.07) is 19.7. The summed E-state index contributed by atoms with van der Waals surface area (Å²) in [6.07, 6.45) is 0.601. The van der Waals surface area contributed by atoms with Crippen molar-refractivity contribution in [3.05, 3.63) is 95.9 Å². The maximum Gasteiger partial charge on any atom is 0.344 e. The lowest BCUT2D eigenvalue weighted by Gasteiger charge is -2.08. The predicted molar refractivity (Wildman–Crippen MR) is 101 cm³/mol. The van der Waals surface area contributed by atoms with Gasteiger partial charge in [-0.25, -0.2) is 9.59 Å². The van der Waals surface area contributed by atoms with E-state index >= 15 is 0 Å². The largest absolute Gasteiger partial charge is 0.404 e. The molecule has 0 saturated heterocycles. The summed E-state index contributed by atoms with van der Waals surface area (Å²) in [5.74, 6) is -1.60. The molecule has 6 heteroatoms. The van der Waals surface area contributed by atoms with Crippen molar-refractivity contribution < 1.29 is 19.1 Å². The quantitative estimate of drug-likeness (QED) is 0.634. The van der Waals surface area contributed by atoms with Crippen molar-refractivity contribution in [3.63, 3.8) is 0 Å². The molecular weight excluding hydrogens is 356 g/mol. The van der Waals surface area contributed by atoms with Crippen LogP contribution in [-0.4, -0.2) is 16.9 Å². The Labute approximate surface area is 162 Å². The average molecular weight is 371 g/mol. The molecule has 0 bridgehead atoms. The molecule has 2 aromatic carbocycles. The molecule has 0 fully saturated rings. The molecule has 6 nitrogen and oxygen atoms in total. The molecule has 0 unspecified atom stereocenters. The first-order valence-corrected chi connectivity index (χ1v) is 8.39. The summed E-state index contributed by atoms with van der Waals surface area (Å²) in [5, 5.41) is 9.22. The molecule has 0 amide bonds. The molecule has 1 aromatic heterocycles. The Kier molecular flexibility index (Phi) is 5.78. The smallest absolute Gasteiger partial charge is 0.344 e. The third-order valence-corrected chi connectivity index (χ3v) is 3.83. The Bertz CT molecular complexity index is 1040. The summed E-state index contributed by atoms with van der Waals surface area (Å²) in [5.41, 5.74) is 1.66. The minimum Gasteiger partial charge on any atom is -0.404 e. The lowest BCUT2D eigenvalue weighted by atomic mass is 10.1. The van der Waals surface area contributed by atoms with E-state index in [0.717, 1.165) is 5.56 Å². The van der Waals surface area contributed by atoms with Gasteiger partial charge in [-0.15, -0.1) is 0 Å². The molecule has 1 radical (unpaired) electrons. The van der Waals surface area contributed by atoms with Crippen LogP contribution in [0.15, 0.2) is 66.7 Å². The topological polar surface area (TPSA) is 89.3 Å². The number of aromatic nitrogens is 1. The summed E-state index contributed by atoms with van der Waals surface area (Å²) in [4.78, 5) is 28.5. The van der Waals surface area contributed by atoms with Crippen molar-refractivity contribution in [2.24, 2.45) is 0 Å². The molecule has 3 aromatic rings. The van der Waals surface area contributed by atoms with Crippen LogP contribution in [0.5, 0.6) is 11.8 Å². The van der Waals surface area contributed by atoms with E-state index < -0.39 is 11.9 Å². The second kappa shape index (κ2) is 8.60. The maximum atomic E-state index is 12.3. The third-order valence-electron chi connectivity index (χ3n) is 3.83. The highest BCUT2D eigenvalue weighted by Crippen LogP contribution is 2.21. The van der Waals surface area contributed by atoms with Crippen LogP contribution in [0, 0.1) is 18.3 Å². The molecule has 0 atom stereocenters. The summed E-state index contributed by atoms with van der Waals surface area (Å²) >= 11 is 0. The second-order valence-corrected chi connectivity index (χ2v) is 5.71. The number of rotatable bonds is 5. The van der Waals surface area contributed by atoms with Gasteiger partial charge in [0.05, 0.1) is 11.1 Å². The Morgan fingerprint density at radius 3 is 2.18 bits per heavy atom. The number of hydrogen-bond acceptors (Lipinski definition) is 6. The zero-order valence-corrected chi connectivity index (χ0v) is 14.8. The monoisotopic (exact) mass is 371 g/mol. The molecule has 0 saturated carbocycles. The van der Waals surface area contributed by atoms with Crippen LogP contribution < -0.4 is 9.47 Å². The molecule has 1 heterocycles. The zero-order valence-electron chi connectivity index (χ0n) is 14.8. The van der Waals surface area contributed by atoms with Gasteiger partial charge >= 0.3 is 11.9 Å². The van der Waals surface area contributed by atoms with Gasteiger partial charge in [0.25, 0.3) is 0 Å². The van der Waals surface area contributed by atoms with E-state index in [4.69, 9.17) is 9.47 Å². The van der Waals surface area contributed by atoms with E-state index in [1.54, 1.807) is 54.6 Å². The van der Waals surface area contributed by atoms with Gasteiger partial charge in [0.2, 0.25) is 11.8 Å². The Morgan fingerprint density at radius 2 is 1.54 bits per heavy atom. The standard InChI is InChI=1S/C22H15N2O4/c1-2-15-8-10-17(11-9-15)22(26)28-20-18(14-23)12-13-19(24-20)27-21(25)16-6-4-3-5-7-16/h3-13H,1-2H2. The van der Waals surface area contributed by atoms with E-state index in [1.165, 1.54) is 12.1 Å². The van der Waals surface area contributed by atoms with Crippen LogP contribution in [0.25, 0.3) is 0 Å². The lowest BCUT2D eigenvalue weighted by Crippen LogP contribution is -2.13. The number of ether oxygens (including phenoxy) is 2. The van der Waals surface area contributed by atoms with Gasteiger partial charge in [-0.1, -0.05) is 30.3 Å². The number of pyridine rings is 1. The normalized spacial score (nSPS) is 10.0. The highest BCUT2D eigenvalue weighted by atomic mass is 16.6. The number of esters is 2. The van der Waals surface area contributed by atoms with Crippen molar-refractivity contribution in [3.8, 4) is 17.8 Å². The van der Waals surface area contributed by atoms with Gasteiger partial charge in [0.15, 0.2) is 0 Å². The first-order chi connectivity index (χ1) is 13.6. The molecule has 0 aliphatic carbocycles. The summed E-state index contributed by atoms with van der Waals surface area (Å²) < 4.78 is 10.4. The molecule has 0 aliphatic heterocycles. The van der Waals surface area contributed by atoms with Crippen LogP contribution in [0.3, 0.4) is 0 Å². The second-order valence-electron chi connectivity index (χ2n) is 5.71. The highest BCUT2D eigenvalue weighted by Gasteiger charge is 2.16. The van der Waals surface area contributed by atoms with Gasteiger partial charge in [0.1, 0.15) is 11.6 Å². The average Bonchev–Trinajstić information content (AvgIpc) is 2.74. The molecule has 3 rings (SSSR count). The molecule has 0 aliphatic rings. The van der Waals surface area contributed by atoms with Crippen molar-refractivity contribution >= 4 is 11.9 Å². The third kappa shape index (κ3) is 4.40. The van der Waals surface area contributed by atoms with Gasteiger partial charge < -0.3 is 9.47 Å². The summed E-state index contributed by atoms with van der Waals surface area (Å²) in [7, 11) is 0. The van der Waals surface area contributed by atoms with Crippen molar-refractivity contribution in [2.45, 2.75) is 6.42 Å². The van der Waals surface area contributed by atoms with Crippen LogP contribution in [0.4, 0.5) is 0 Å². The van der Waals surface area contributed by atoms with E-state index in [9.17, 15) is 14.9 Å². The van der Waals surface area contributed by atoms with Gasteiger partial charge in [0, 0.05) is 6.07 Å². The van der Waals surface area contributed by atoms with Crippen LogP contribution in [0.2, 0.25) is 0 Å². The number of carbonyl (C=O) groups is 2. The summed E-state index contributed by atoms with van der Waals surface area (Å²) in [6.45, 7) is 3.77. The number of carbonyl (C=O) groups excluding carboxylic acids is 2. The predicted octanol–water partition coefficient (Wildman–Crippen LogP) is 3.77. The SMILES string of the molecule is [CH2]Cc1ccc(C(=O)Oc2nc(OC(=O)c3ccccc3)ccc2C#N)cc1. The number of hydrogen-bond donors (Lipinski definition) is 0. The van der Waals surface area contributed by atoms with E-state index in [2.05, 4.69) is 11.9 Å². The minimum atomic E-state index is -0.675. The van der Waals surface area contributed by atoms with Crippen molar-refractivity contribution in [1.29, 1.82) is 5.26 Å². The molecule has 0 spiro atoms. The minimum absolute atomic E-state index is 0.0437. The molecular formula is C22H15N2O4. The maximum absolute atomic E-state index is 12.3. The van der Waals surface area contributed by atoms with Gasteiger partial charge in [-0.3, -0.25) is 0 Å². The van der Waals surface area contributed by atoms with Crippen molar-refractivity contribution in [2.75, 3.05) is 0 Å². The fraction of sp³-hybridized carbons (Fsp3) is 0.0455. The number of benzene rings is 2. The first-order valence-electron chi connectivity index (χ1n) is 8.39. The fourth-order valence-corrected chi connectivity index (χ4v) is 2.33. The van der Waals surface area contributed by atoms with Crippen LogP contribution >= 0.6 is 0 Å². The fourth-order valence-electron chi connectivity index (χ4n) is 2.33. The Hall–Kier alpha value is -3.98. The Morgan fingerprint density at radius 1 is 0.893 bits per heavy atom. The van der Waals surface area contributed by atoms with Gasteiger partial charge in [-0.05, 0) is 49.2 Å². The number of nitriles is 1. The Balaban J connectivity index is 1.80.